The van der Waals surface area contributed by atoms with E-state index in [0.29, 0.717) is 17.1 Å². The monoisotopic (exact) mass is 220 g/mol. The highest BCUT2D eigenvalue weighted by molar-refractivity contribution is 5.70. The highest BCUT2D eigenvalue weighted by Crippen LogP contribution is 2.23. The van der Waals surface area contributed by atoms with Crippen molar-refractivity contribution in [3.63, 3.8) is 0 Å². The number of carboxylic acids is 1. The van der Waals surface area contributed by atoms with Gasteiger partial charge in [-0.05, 0) is 12.1 Å². The Morgan fingerprint density at radius 3 is 2.69 bits per heavy atom. The highest BCUT2D eigenvalue weighted by Gasteiger charge is 2.02. The molecule has 4 nitrogen and oxygen atoms in total. The molecule has 0 aliphatic carbocycles. The summed E-state index contributed by atoms with van der Waals surface area (Å²) >= 11 is 0. The first-order valence-electron chi connectivity index (χ1n) is 4.60. The number of ether oxygens (including phenoxy) is 2. The molecular weight excluding hydrogens is 208 g/mol. The zero-order valence-electron chi connectivity index (χ0n) is 9.11. The molecule has 84 valence electrons. The molecule has 0 saturated heterocycles. The molecule has 1 N–H and O–H groups in total. The van der Waals surface area contributed by atoms with Gasteiger partial charge in [-0.1, -0.05) is 11.8 Å². The Morgan fingerprint density at radius 1 is 1.38 bits per heavy atom. The number of rotatable bonds is 3. The lowest BCUT2D eigenvalue weighted by atomic mass is 10.2. The van der Waals surface area contributed by atoms with Crippen molar-refractivity contribution in [2.45, 2.75) is 6.42 Å². The molecule has 0 atom stereocenters. The summed E-state index contributed by atoms with van der Waals surface area (Å²) in [6.07, 6.45) is -0.185. The molecule has 0 bridgehead atoms. The van der Waals surface area contributed by atoms with Crippen LogP contribution in [0.4, 0.5) is 0 Å². The summed E-state index contributed by atoms with van der Waals surface area (Å²) in [5, 5.41) is 8.45. The van der Waals surface area contributed by atoms with Gasteiger partial charge in [0.1, 0.15) is 17.9 Å². The topological polar surface area (TPSA) is 55.8 Å². The van der Waals surface area contributed by atoms with Gasteiger partial charge >= 0.3 is 5.97 Å². The summed E-state index contributed by atoms with van der Waals surface area (Å²) < 4.78 is 10.1. The van der Waals surface area contributed by atoms with Crippen molar-refractivity contribution in [3.8, 4) is 23.3 Å². The number of hydrogen-bond donors (Lipinski definition) is 1. The van der Waals surface area contributed by atoms with Crippen LogP contribution in [0.15, 0.2) is 18.2 Å². The van der Waals surface area contributed by atoms with Crippen molar-refractivity contribution in [1.82, 2.24) is 0 Å². The van der Waals surface area contributed by atoms with E-state index in [-0.39, 0.29) is 6.42 Å². The normalized spacial score (nSPS) is 8.88. The van der Waals surface area contributed by atoms with Crippen molar-refractivity contribution in [2.75, 3.05) is 14.2 Å². The predicted molar refractivity (Wildman–Crippen MR) is 58.7 cm³/mol. The third-order valence-electron chi connectivity index (χ3n) is 1.87. The van der Waals surface area contributed by atoms with Gasteiger partial charge in [-0.3, -0.25) is 4.79 Å². The molecule has 1 aromatic rings. The quantitative estimate of drug-likeness (QED) is 0.785. The van der Waals surface area contributed by atoms with E-state index in [1.807, 2.05) is 0 Å². The zero-order valence-corrected chi connectivity index (χ0v) is 9.11. The van der Waals surface area contributed by atoms with E-state index in [1.54, 1.807) is 25.3 Å². The van der Waals surface area contributed by atoms with Crippen LogP contribution in [-0.2, 0) is 4.79 Å². The second-order valence-corrected chi connectivity index (χ2v) is 2.94. The first-order chi connectivity index (χ1) is 7.67. The maximum atomic E-state index is 10.3. The summed E-state index contributed by atoms with van der Waals surface area (Å²) in [4.78, 5) is 10.3. The lowest BCUT2D eigenvalue weighted by Crippen LogP contribution is -1.92. The Morgan fingerprint density at radius 2 is 2.12 bits per heavy atom. The van der Waals surface area contributed by atoms with Crippen LogP contribution in [-0.4, -0.2) is 25.3 Å². The molecule has 1 rings (SSSR count). The fourth-order valence-corrected chi connectivity index (χ4v) is 1.12. The van der Waals surface area contributed by atoms with E-state index in [4.69, 9.17) is 14.6 Å². The molecule has 0 saturated carbocycles. The molecular formula is C12H12O4. The number of hydrogen-bond acceptors (Lipinski definition) is 3. The SMILES string of the molecule is COc1ccc(C#CCC(=O)O)c(OC)c1. The lowest BCUT2D eigenvalue weighted by molar-refractivity contribution is -0.135. The average Bonchev–Trinajstić information content (AvgIpc) is 2.29. The first kappa shape index (κ1) is 11.9. The number of aliphatic carboxylic acids is 1. The van der Waals surface area contributed by atoms with Crippen LogP contribution in [0.5, 0.6) is 11.5 Å². The van der Waals surface area contributed by atoms with E-state index in [1.165, 1.54) is 7.11 Å². The van der Waals surface area contributed by atoms with Crippen molar-refractivity contribution >= 4 is 5.97 Å². The van der Waals surface area contributed by atoms with E-state index >= 15 is 0 Å². The van der Waals surface area contributed by atoms with Crippen LogP contribution in [0.3, 0.4) is 0 Å². The Balaban J connectivity index is 2.94. The largest absolute Gasteiger partial charge is 0.497 e. The van der Waals surface area contributed by atoms with Crippen LogP contribution in [0, 0.1) is 11.8 Å². The second kappa shape index (κ2) is 5.66. The maximum Gasteiger partial charge on any atom is 0.315 e. The van der Waals surface area contributed by atoms with Gasteiger partial charge in [-0.25, -0.2) is 0 Å². The smallest absolute Gasteiger partial charge is 0.315 e. The summed E-state index contributed by atoms with van der Waals surface area (Å²) in [5.41, 5.74) is 0.643. The van der Waals surface area contributed by atoms with Gasteiger partial charge in [0.2, 0.25) is 0 Å². The Bertz CT molecular complexity index is 440. The van der Waals surface area contributed by atoms with Gasteiger partial charge in [0, 0.05) is 6.07 Å². The highest BCUT2D eigenvalue weighted by atomic mass is 16.5. The van der Waals surface area contributed by atoms with E-state index < -0.39 is 5.97 Å². The van der Waals surface area contributed by atoms with Crippen molar-refractivity contribution in [1.29, 1.82) is 0 Å². The molecule has 0 spiro atoms. The standard InChI is InChI=1S/C12H12O4/c1-15-10-7-6-9(11(8-10)16-2)4-3-5-12(13)14/h6-8H,5H2,1-2H3,(H,13,14). The summed E-state index contributed by atoms with van der Waals surface area (Å²) in [5.74, 6) is 5.57. The second-order valence-electron chi connectivity index (χ2n) is 2.94. The van der Waals surface area contributed by atoms with Crippen molar-refractivity contribution in [3.05, 3.63) is 23.8 Å². The molecule has 0 aliphatic heterocycles. The molecule has 0 aliphatic rings. The summed E-state index contributed by atoms with van der Waals surface area (Å²) in [6.45, 7) is 0. The van der Waals surface area contributed by atoms with Crippen LogP contribution >= 0.6 is 0 Å². The van der Waals surface area contributed by atoms with Gasteiger partial charge in [0.05, 0.1) is 19.8 Å². The molecule has 0 fully saturated rings. The third-order valence-corrected chi connectivity index (χ3v) is 1.87. The average molecular weight is 220 g/mol. The van der Waals surface area contributed by atoms with Gasteiger partial charge in [0.15, 0.2) is 0 Å². The Labute approximate surface area is 93.8 Å². The van der Waals surface area contributed by atoms with Gasteiger partial charge < -0.3 is 14.6 Å². The fraction of sp³-hybridized carbons (Fsp3) is 0.250. The van der Waals surface area contributed by atoms with Crippen LogP contribution in [0.2, 0.25) is 0 Å². The molecule has 0 heterocycles. The van der Waals surface area contributed by atoms with Crippen LogP contribution < -0.4 is 9.47 Å². The molecule has 0 amide bonds. The number of carboxylic acid groups (broad SMARTS) is 1. The fourth-order valence-electron chi connectivity index (χ4n) is 1.12. The number of carbonyl (C=O) groups is 1. The van der Waals surface area contributed by atoms with Crippen molar-refractivity contribution in [2.24, 2.45) is 0 Å². The van der Waals surface area contributed by atoms with Gasteiger partial charge in [-0.15, -0.1) is 0 Å². The van der Waals surface area contributed by atoms with E-state index in [0.717, 1.165) is 0 Å². The Kier molecular flexibility index (Phi) is 4.22. The molecule has 16 heavy (non-hydrogen) atoms. The van der Waals surface area contributed by atoms with Gasteiger partial charge in [-0.2, -0.15) is 0 Å². The number of benzene rings is 1. The molecule has 0 unspecified atom stereocenters. The third kappa shape index (κ3) is 3.21. The van der Waals surface area contributed by atoms with Crippen LogP contribution in [0.25, 0.3) is 0 Å². The minimum absolute atomic E-state index is 0.185. The number of methoxy groups -OCH3 is 2. The minimum Gasteiger partial charge on any atom is -0.497 e. The lowest BCUT2D eigenvalue weighted by Gasteiger charge is -2.05. The first-order valence-corrected chi connectivity index (χ1v) is 4.60. The van der Waals surface area contributed by atoms with Crippen molar-refractivity contribution < 1.29 is 19.4 Å². The summed E-state index contributed by atoms with van der Waals surface area (Å²) in [7, 11) is 3.09. The zero-order chi connectivity index (χ0) is 12.0. The van der Waals surface area contributed by atoms with Crippen LogP contribution in [0.1, 0.15) is 12.0 Å². The molecule has 1 aromatic carbocycles. The molecule has 4 heteroatoms. The minimum atomic E-state index is -0.944. The predicted octanol–water partition coefficient (Wildman–Crippen LogP) is 1.53. The van der Waals surface area contributed by atoms with E-state index in [2.05, 4.69) is 11.8 Å². The molecule has 0 radical (unpaired) electrons. The maximum absolute atomic E-state index is 10.3. The van der Waals surface area contributed by atoms with E-state index in [9.17, 15) is 4.79 Å². The summed E-state index contributed by atoms with van der Waals surface area (Å²) in [6, 6.07) is 5.17. The Hall–Kier alpha value is -2.15. The molecule has 0 aromatic heterocycles. The van der Waals surface area contributed by atoms with Gasteiger partial charge in [0.25, 0.3) is 0 Å².